The molecule has 0 aliphatic carbocycles. The van der Waals surface area contributed by atoms with E-state index in [9.17, 15) is 9.59 Å². The predicted octanol–water partition coefficient (Wildman–Crippen LogP) is 2.79. The Morgan fingerprint density at radius 3 is 2.54 bits per heavy atom. The second-order valence-electron chi connectivity index (χ2n) is 6.04. The lowest BCUT2D eigenvalue weighted by molar-refractivity contribution is -0.116. The fourth-order valence-corrected chi connectivity index (χ4v) is 2.54. The maximum absolute atomic E-state index is 12.2. The quantitative estimate of drug-likeness (QED) is 0.691. The van der Waals surface area contributed by atoms with E-state index in [0.29, 0.717) is 17.1 Å². The molecule has 3 rings (SSSR count). The van der Waals surface area contributed by atoms with E-state index in [0.717, 1.165) is 11.1 Å². The van der Waals surface area contributed by atoms with E-state index in [-0.39, 0.29) is 24.5 Å². The molecule has 0 radical (unpaired) electrons. The Bertz CT molecular complexity index is 931. The fraction of sp³-hybridized carbons (Fsp3) is 0.211. The van der Waals surface area contributed by atoms with Crippen LogP contribution in [-0.4, -0.2) is 31.9 Å². The van der Waals surface area contributed by atoms with Crippen LogP contribution in [0.4, 0.5) is 5.69 Å². The number of anilines is 1. The van der Waals surface area contributed by atoms with E-state index in [1.165, 1.54) is 0 Å². The first-order chi connectivity index (χ1) is 12.5. The Balaban J connectivity index is 1.59. The van der Waals surface area contributed by atoms with Crippen molar-refractivity contribution in [3.05, 3.63) is 59.7 Å². The number of Topliss-reactive ketones (excluding diaryl/α,β-unsaturated/α-hetero) is 1. The molecule has 0 aliphatic rings. The van der Waals surface area contributed by atoms with Gasteiger partial charge in [0.2, 0.25) is 5.91 Å². The van der Waals surface area contributed by atoms with E-state index in [4.69, 9.17) is 0 Å². The fourth-order valence-electron chi connectivity index (χ4n) is 2.54. The van der Waals surface area contributed by atoms with Crippen molar-refractivity contribution in [2.45, 2.75) is 19.8 Å². The molecule has 7 heteroatoms. The third-order valence-corrected chi connectivity index (χ3v) is 3.98. The minimum absolute atomic E-state index is 0.0425. The third kappa shape index (κ3) is 4.18. The average molecular weight is 349 g/mol. The van der Waals surface area contributed by atoms with Gasteiger partial charge in [0, 0.05) is 36.7 Å². The number of benzene rings is 2. The van der Waals surface area contributed by atoms with Crippen molar-refractivity contribution in [3.63, 3.8) is 0 Å². The summed E-state index contributed by atoms with van der Waals surface area (Å²) < 4.78 is 1.56. The van der Waals surface area contributed by atoms with Crippen LogP contribution in [0.1, 0.15) is 28.8 Å². The number of aromatic nitrogens is 4. The van der Waals surface area contributed by atoms with Crippen molar-refractivity contribution in [1.82, 2.24) is 20.2 Å². The predicted molar refractivity (Wildman–Crippen MR) is 97.6 cm³/mol. The molecule has 1 N–H and O–H groups in total. The first-order valence-electron chi connectivity index (χ1n) is 8.25. The summed E-state index contributed by atoms with van der Waals surface area (Å²) in [6.45, 7) is 1.97. The lowest BCUT2D eigenvalue weighted by atomic mass is 10.0. The number of nitrogens with one attached hydrogen (secondary N) is 1. The Labute approximate surface area is 151 Å². The van der Waals surface area contributed by atoms with E-state index < -0.39 is 0 Å². The Kier molecular flexibility index (Phi) is 5.17. The monoisotopic (exact) mass is 349 g/mol. The highest BCUT2D eigenvalue weighted by molar-refractivity contribution is 6.00. The van der Waals surface area contributed by atoms with Gasteiger partial charge in [0.1, 0.15) is 0 Å². The normalized spacial score (nSPS) is 10.5. The van der Waals surface area contributed by atoms with Crippen molar-refractivity contribution >= 4 is 17.4 Å². The summed E-state index contributed by atoms with van der Waals surface area (Å²) in [7, 11) is 1.75. The number of ketones is 1. The Morgan fingerprint density at radius 1 is 1.08 bits per heavy atom. The first kappa shape index (κ1) is 17.5. The molecular weight excluding hydrogens is 330 g/mol. The molecular formula is C19H19N5O2. The molecule has 1 amide bonds. The largest absolute Gasteiger partial charge is 0.326 e. The van der Waals surface area contributed by atoms with Crippen molar-refractivity contribution in [1.29, 1.82) is 0 Å². The van der Waals surface area contributed by atoms with Gasteiger partial charge in [-0.15, -0.1) is 5.10 Å². The van der Waals surface area contributed by atoms with Gasteiger partial charge in [-0.2, -0.15) is 0 Å². The molecule has 1 aromatic heterocycles. The van der Waals surface area contributed by atoms with Crippen LogP contribution in [0.3, 0.4) is 0 Å². The van der Waals surface area contributed by atoms with Gasteiger partial charge in [-0.25, -0.2) is 4.68 Å². The molecule has 0 bridgehead atoms. The number of rotatable bonds is 6. The third-order valence-electron chi connectivity index (χ3n) is 3.98. The molecule has 0 fully saturated rings. The first-order valence-corrected chi connectivity index (χ1v) is 8.25. The molecule has 7 nitrogen and oxygen atoms in total. The highest BCUT2D eigenvalue weighted by atomic mass is 16.2. The minimum Gasteiger partial charge on any atom is -0.326 e. The number of hydrogen-bond acceptors (Lipinski definition) is 5. The topological polar surface area (TPSA) is 89.8 Å². The molecule has 3 aromatic rings. The summed E-state index contributed by atoms with van der Waals surface area (Å²) in [4.78, 5) is 24.3. The smallest absolute Gasteiger partial charge is 0.224 e. The van der Waals surface area contributed by atoms with Crippen molar-refractivity contribution in [2.75, 3.05) is 5.32 Å². The summed E-state index contributed by atoms with van der Waals surface area (Å²) in [5.41, 5.74) is 3.15. The second kappa shape index (κ2) is 7.69. The number of nitrogens with zero attached hydrogens (tertiary/aromatic N) is 4. The van der Waals surface area contributed by atoms with Gasteiger partial charge >= 0.3 is 0 Å². The van der Waals surface area contributed by atoms with Gasteiger partial charge in [0.05, 0.1) is 0 Å². The van der Waals surface area contributed by atoms with E-state index >= 15 is 0 Å². The van der Waals surface area contributed by atoms with Gasteiger partial charge in [-0.05, 0) is 29.5 Å². The lowest BCUT2D eigenvalue weighted by Gasteiger charge is -2.07. The number of carbonyl (C=O) groups is 2. The zero-order valence-corrected chi connectivity index (χ0v) is 14.6. The molecule has 26 heavy (non-hydrogen) atoms. The van der Waals surface area contributed by atoms with Gasteiger partial charge < -0.3 is 5.32 Å². The number of hydrogen-bond donors (Lipinski definition) is 1. The zero-order valence-electron chi connectivity index (χ0n) is 14.6. The summed E-state index contributed by atoms with van der Waals surface area (Å²) in [5, 5.41) is 14.2. The summed E-state index contributed by atoms with van der Waals surface area (Å²) >= 11 is 0. The maximum Gasteiger partial charge on any atom is 0.224 e. The molecule has 2 aromatic carbocycles. The summed E-state index contributed by atoms with van der Waals surface area (Å²) in [6, 6.07) is 14.6. The van der Waals surface area contributed by atoms with Gasteiger partial charge in [0.25, 0.3) is 0 Å². The summed E-state index contributed by atoms with van der Waals surface area (Å²) in [5.74, 6) is 0.355. The molecule has 0 atom stereocenters. The molecule has 0 spiro atoms. The SMILES string of the molecule is Cc1ccc(C(=O)CCC(=O)Nc2cccc(-c3nnnn3C)c2)cc1. The standard InChI is InChI=1S/C19H19N5O2/c1-13-6-8-14(9-7-13)17(25)10-11-18(26)20-16-5-3-4-15(12-16)19-21-22-23-24(19)2/h3-9,12H,10-11H2,1-2H3,(H,20,26). The molecule has 1 heterocycles. The van der Waals surface area contributed by atoms with Gasteiger partial charge in [-0.3, -0.25) is 9.59 Å². The van der Waals surface area contributed by atoms with E-state index in [1.54, 1.807) is 36.0 Å². The van der Waals surface area contributed by atoms with Crippen molar-refractivity contribution < 1.29 is 9.59 Å². The number of amides is 1. The molecule has 0 unspecified atom stereocenters. The minimum atomic E-state index is -0.210. The van der Waals surface area contributed by atoms with Crippen LogP contribution in [0.25, 0.3) is 11.4 Å². The average Bonchev–Trinajstić information content (AvgIpc) is 3.06. The number of aryl methyl sites for hydroxylation is 2. The zero-order chi connectivity index (χ0) is 18.5. The van der Waals surface area contributed by atoms with Crippen LogP contribution in [0.15, 0.2) is 48.5 Å². The van der Waals surface area contributed by atoms with Gasteiger partial charge in [0.15, 0.2) is 11.6 Å². The van der Waals surface area contributed by atoms with Crippen LogP contribution in [-0.2, 0) is 11.8 Å². The van der Waals surface area contributed by atoms with Gasteiger partial charge in [-0.1, -0.05) is 42.0 Å². The Hall–Kier alpha value is -3.35. The number of tetrazole rings is 1. The van der Waals surface area contributed by atoms with E-state index in [1.807, 2.05) is 31.2 Å². The van der Waals surface area contributed by atoms with Crippen LogP contribution in [0.2, 0.25) is 0 Å². The van der Waals surface area contributed by atoms with Crippen LogP contribution in [0.5, 0.6) is 0 Å². The van der Waals surface area contributed by atoms with Crippen LogP contribution in [0, 0.1) is 6.92 Å². The highest BCUT2D eigenvalue weighted by Crippen LogP contribution is 2.20. The molecule has 0 aliphatic heterocycles. The molecule has 132 valence electrons. The van der Waals surface area contributed by atoms with Crippen molar-refractivity contribution in [3.8, 4) is 11.4 Å². The lowest BCUT2D eigenvalue weighted by Crippen LogP contribution is -2.13. The van der Waals surface area contributed by atoms with Crippen LogP contribution >= 0.6 is 0 Å². The Morgan fingerprint density at radius 2 is 1.85 bits per heavy atom. The molecule has 0 saturated carbocycles. The highest BCUT2D eigenvalue weighted by Gasteiger charge is 2.11. The van der Waals surface area contributed by atoms with Crippen LogP contribution < -0.4 is 5.32 Å². The number of carbonyl (C=O) groups excluding carboxylic acids is 2. The second-order valence-corrected chi connectivity index (χ2v) is 6.04. The van der Waals surface area contributed by atoms with E-state index in [2.05, 4.69) is 20.8 Å². The molecule has 0 saturated heterocycles. The van der Waals surface area contributed by atoms with Crippen molar-refractivity contribution in [2.24, 2.45) is 7.05 Å². The summed E-state index contributed by atoms with van der Waals surface area (Å²) in [6.07, 6.45) is 0.296. The maximum atomic E-state index is 12.2.